The van der Waals surface area contributed by atoms with E-state index in [0.717, 1.165) is 33.8 Å². The molecular formula is C26H24N2. The van der Waals surface area contributed by atoms with Crippen molar-refractivity contribution in [3.05, 3.63) is 95.2 Å². The lowest BCUT2D eigenvalue weighted by Gasteiger charge is -2.13. The highest BCUT2D eigenvalue weighted by Gasteiger charge is 2.14. The fourth-order valence-corrected chi connectivity index (χ4v) is 3.37. The largest absolute Gasteiger partial charge is 0.252 e. The summed E-state index contributed by atoms with van der Waals surface area (Å²) in [6, 6.07) is 23.4. The van der Waals surface area contributed by atoms with Gasteiger partial charge in [-0.2, -0.15) is 0 Å². The predicted molar refractivity (Wildman–Crippen MR) is 117 cm³/mol. The Hall–Kier alpha value is -3.26. The molecule has 0 bridgehead atoms. The Morgan fingerprint density at radius 2 is 1.11 bits per heavy atom. The highest BCUT2D eigenvalue weighted by molar-refractivity contribution is 5.80. The van der Waals surface area contributed by atoms with Gasteiger partial charge in [0.15, 0.2) is 0 Å². The molecule has 3 aromatic carbocycles. The fourth-order valence-electron chi connectivity index (χ4n) is 3.37. The standard InChI is InChI=1S/C26H24N2/c1-17-6-11-21(12-7-17)25-26(22-13-8-18(2)9-14-22)28-24(16-27-25)23-15-19(3)5-10-20(23)4/h5-16H,1-4H3. The van der Waals surface area contributed by atoms with Gasteiger partial charge in [-0.15, -0.1) is 0 Å². The van der Waals surface area contributed by atoms with E-state index in [0.29, 0.717) is 0 Å². The molecule has 0 spiro atoms. The Bertz CT molecular complexity index is 1120. The summed E-state index contributed by atoms with van der Waals surface area (Å²) in [6.07, 6.45) is 1.90. The van der Waals surface area contributed by atoms with Crippen LogP contribution in [0.15, 0.2) is 72.9 Å². The number of nitrogens with zero attached hydrogens (tertiary/aromatic N) is 2. The molecule has 0 amide bonds. The minimum Gasteiger partial charge on any atom is -0.252 e. The van der Waals surface area contributed by atoms with Gasteiger partial charge in [-0.25, -0.2) is 4.98 Å². The third-order valence-electron chi connectivity index (χ3n) is 5.09. The van der Waals surface area contributed by atoms with Gasteiger partial charge in [0, 0.05) is 16.7 Å². The quantitative estimate of drug-likeness (QED) is 0.404. The van der Waals surface area contributed by atoms with Crippen molar-refractivity contribution in [2.45, 2.75) is 27.7 Å². The number of hydrogen-bond acceptors (Lipinski definition) is 2. The van der Waals surface area contributed by atoms with Gasteiger partial charge in [-0.1, -0.05) is 77.4 Å². The van der Waals surface area contributed by atoms with Crippen LogP contribution in [0.4, 0.5) is 0 Å². The lowest BCUT2D eigenvalue weighted by atomic mass is 10.00. The number of hydrogen-bond donors (Lipinski definition) is 0. The lowest BCUT2D eigenvalue weighted by molar-refractivity contribution is 1.20. The summed E-state index contributed by atoms with van der Waals surface area (Å²) in [6.45, 7) is 8.43. The van der Waals surface area contributed by atoms with Gasteiger partial charge in [0.25, 0.3) is 0 Å². The van der Waals surface area contributed by atoms with Crippen LogP contribution in [0.2, 0.25) is 0 Å². The molecule has 0 fully saturated rings. The van der Waals surface area contributed by atoms with Crippen molar-refractivity contribution in [1.29, 1.82) is 0 Å². The Balaban J connectivity index is 1.93. The Kier molecular flexibility index (Phi) is 4.79. The second-order valence-corrected chi connectivity index (χ2v) is 7.50. The summed E-state index contributed by atoms with van der Waals surface area (Å²) in [5, 5.41) is 0. The van der Waals surface area contributed by atoms with E-state index in [-0.39, 0.29) is 0 Å². The van der Waals surface area contributed by atoms with Crippen LogP contribution in [0, 0.1) is 27.7 Å². The first-order chi connectivity index (χ1) is 13.5. The summed E-state index contributed by atoms with van der Waals surface area (Å²) in [5.41, 5.74) is 10.9. The van der Waals surface area contributed by atoms with Crippen molar-refractivity contribution in [2.75, 3.05) is 0 Å². The first kappa shape index (κ1) is 18.1. The molecule has 0 aliphatic carbocycles. The van der Waals surface area contributed by atoms with E-state index in [1.165, 1.54) is 22.3 Å². The Morgan fingerprint density at radius 3 is 1.71 bits per heavy atom. The van der Waals surface area contributed by atoms with Gasteiger partial charge in [0.05, 0.1) is 23.3 Å². The normalized spacial score (nSPS) is 10.9. The molecule has 2 nitrogen and oxygen atoms in total. The van der Waals surface area contributed by atoms with E-state index in [9.17, 15) is 0 Å². The lowest BCUT2D eigenvalue weighted by Crippen LogP contribution is -1.97. The van der Waals surface area contributed by atoms with Crippen LogP contribution in [-0.4, -0.2) is 9.97 Å². The molecule has 4 aromatic rings. The first-order valence-corrected chi connectivity index (χ1v) is 9.60. The van der Waals surface area contributed by atoms with Crippen molar-refractivity contribution in [3.63, 3.8) is 0 Å². The van der Waals surface area contributed by atoms with Gasteiger partial charge >= 0.3 is 0 Å². The maximum atomic E-state index is 5.08. The molecular weight excluding hydrogens is 340 g/mol. The molecule has 0 N–H and O–H groups in total. The molecule has 1 heterocycles. The van der Waals surface area contributed by atoms with Crippen LogP contribution in [0.25, 0.3) is 33.8 Å². The van der Waals surface area contributed by atoms with Gasteiger partial charge in [-0.05, 0) is 39.3 Å². The topological polar surface area (TPSA) is 25.8 Å². The van der Waals surface area contributed by atoms with Gasteiger partial charge in [0.1, 0.15) is 0 Å². The van der Waals surface area contributed by atoms with E-state index >= 15 is 0 Å². The van der Waals surface area contributed by atoms with Crippen LogP contribution < -0.4 is 0 Å². The zero-order valence-corrected chi connectivity index (χ0v) is 16.8. The maximum absolute atomic E-state index is 5.08. The second kappa shape index (κ2) is 7.40. The zero-order chi connectivity index (χ0) is 19.7. The number of benzene rings is 3. The molecule has 1 aromatic heterocycles. The van der Waals surface area contributed by atoms with E-state index in [4.69, 9.17) is 9.97 Å². The van der Waals surface area contributed by atoms with Crippen LogP contribution in [0.3, 0.4) is 0 Å². The average Bonchev–Trinajstić information content (AvgIpc) is 2.71. The molecule has 138 valence electrons. The third kappa shape index (κ3) is 3.59. The average molecular weight is 364 g/mol. The van der Waals surface area contributed by atoms with E-state index in [2.05, 4.69) is 94.4 Å². The first-order valence-electron chi connectivity index (χ1n) is 9.60. The highest BCUT2D eigenvalue weighted by Crippen LogP contribution is 2.32. The highest BCUT2D eigenvalue weighted by atomic mass is 14.8. The summed E-state index contributed by atoms with van der Waals surface area (Å²) >= 11 is 0. The third-order valence-corrected chi connectivity index (χ3v) is 5.09. The Morgan fingerprint density at radius 1 is 0.571 bits per heavy atom. The molecule has 0 radical (unpaired) electrons. The summed E-state index contributed by atoms with van der Waals surface area (Å²) < 4.78 is 0. The number of aryl methyl sites for hydroxylation is 4. The fraction of sp³-hybridized carbons (Fsp3) is 0.154. The molecule has 0 saturated heterocycles. The van der Waals surface area contributed by atoms with E-state index in [1.54, 1.807) is 0 Å². The minimum absolute atomic E-state index is 0.910. The van der Waals surface area contributed by atoms with Crippen molar-refractivity contribution in [1.82, 2.24) is 9.97 Å². The van der Waals surface area contributed by atoms with Crippen LogP contribution in [0.1, 0.15) is 22.3 Å². The van der Waals surface area contributed by atoms with Crippen LogP contribution >= 0.6 is 0 Å². The van der Waals surface area contributed by atoms with Gasteiger partial charge in [-0.3, -0.25) is 4.98 Å². The number of rotatable bonds is 3. The summed E-state index contributed by atoms with van der Waals surface area (Å²) in [7, 11) is 0. The van der Waals surface area contributed by atoms with E-state index in [1.807, 2.05) is 6.20 Å². The minimum atomic E-state index is 0.910. The van der Waals surface area contributed by atoms with Crippen molar-refractivity contribution in [3.8, 4) is 33.8 Å². The molecule has 2 heteroatoms. The van der Waals surface area contributed by atoms with Crippen molar-refractivity contribution >= 4 is 0 Å². The molecule has 28 heavy (non-hydrogen) atoms. The predicted octanol–water partition coefficient (Wildman–Crippen LogP) is 6.71. The number of aromatic nitrogens is 2. The second-order valence-electron chi connectivity index (χ2n) is 7.50. The molecule has 0 saturated carbocycles. The molecule has 0 aliphatic rings. The molecule has 4 rings (SSSR count). The Labute approximate surface area is 167 Å². The summed E-state index contributed by atoms with van der Waals surface area (Å²) in [5.74, 6) is 0. The van der Waals surface area contributed by atoms with Crippen LogP contribution in [0.5, 0.6) is 0 Å². The molecule has 0 unspecified atom stereocenters. The van der Waals surface area contributed by atoms with Crippen molar-refractivity contribution < 1.29 is 0 Å². The van der Waals surface area contributed by atoms with Crippen LogP contribution in [-0.2, 0) is 0 Å². The zero-order valence-electron chi connectivity index (χ0n) is 16.8. The molecule has 0 atom stereocenters. The summed E-state index contributed by atoms with van der Waals surface area (Å²) in [4.78, 5) is 9.94. The SMILES string of the molecule is Cc1ccc(-c2ncc(-c3cc(C)ccc3C)nc2-c2ccc(C)cc2)cc1. The maximum Gasteiger partial charge on any atom is 0.0972 e. The van der Waals surface area contributed by atoms with Gasteiger partial charge in [0.2, 0.25) is 0 Å². The monoisotopic (exact) mass is 364 g/mol. The van der Waals surface area contributed by atoms with Gasteiger partial charge < -0.3 is 0 Å². The molecule has 0 aliphatic heterocycles. The smallest absolute Gasteiger partial charge is 0.0972 e. The van der Waals surface area contributed by atoms with Crippen molar-refractivity contribution in [2.24, 2.45) is 0 Å². The van der Waals surface area contributed by atoms with E-state index < -0.39 is 0 Å².